The molecule has 0 radical (unpaired) electrons. The topological polar surface area (TPSA) is 96.2 Å². The van der Waals surface area contributed by atoms with Gasteiger partial charge in [0, 0.05) is 0 Å². The van der Waals surface area contributed by atoms with Crippen LogP contribution in [0.1, 0.15) is 151 Å². The van der Waals surface area contributed by atoms with Crippen LogP contribution in [0.4, 0.5) is 0 Å². The number of aryl methyl sites for hydroxylation is 1. The molecule has 0 bridgehead atoms. The highest BCUT2D eigenvalue weighted by Crippen LogP contribution is 2.32. The molecule has 0 fully saturated rings. The van der Waals surface area contributed by atoms with Gasteiger partial charge >= 0.3 is 5.97 Å². The smallest absolute Gasteiger partial charge is 0.339 e. The van der Waals surface area contributed by atoms with Gasteiger partial charge in [-0.1, -0.05) is 134 Å². The summed E-state index contributed by atoms with van der Waals surface area (Å²) in [5.74, 6) is -0.329. The second kappa shape index (κ2) is 23.6. The lowest BCUT2D eigenvalue weighted by atomic mass is 10.0. The second-order valence-corrected chi connectivity index (χ2v) is 11.9. The van der Waals surface area contributed by atoms with Crippen LogP contribution in [0.3, 0.4) is 0 Å². The Kier molecular flexibility index (Phi) is 19.9. The molecule has 2 aromatic rings. The minimum Gasteiger partial charge on any atom is -0.504 e. The molecule has 0 amide bonds. The van der Waals surface area contributed by atoms with Crippen molar-refractivity contribution in [3.05, 3.63) is 47.5 Å². The molecular formula is C37H58O6. The van der Waals surface area contributed by atoms with Gasteiger partial charge in [0.05, 0.1) is 13.2 Å². The average molecular weight is 599 g/mol. The van der Waals surface area contributed by atoms with Gasteiger partial charge < -0.3 is 24.8 Å². The van der Waals surface area contributed by atoms with Crippen molar-refractivity contribution in [2.75, 3.05) is 13.2 Å². The maximum Gasteiger partial charge on any atom is 0.339 e. The monoisotopic (exact) mass is 598 g/mol. The highest BCUT2D eigenvalue weighted by Gasteiger charge is 2.16. The van der Waals surface area contributed by atoms with Crippen LogP contribution in [0.25, 0.3) is 0 Å². The summed E-state index contributed by atoms with van der Waals surface area (Å²) in [6.45, 7) is 3.24. The molecular weight excluding hydrogens is 540 g/mol. The lowest BCUT2D eigenvalue weighted by molar-refractivity contribution is 0.0691. The van der Waals surface area contributed by atoms with Crippen molar-refractivity contribution >= 4 is 5.97 Å². The lowest BCUT2D eigenvalue weighted by Gasteiger charge is -2.15. The molecule has 6 heteroatoms. The van der Waals surface area contributed by atoms with E-state index >= 15 is 0 Å². The number of hydrogen-bond acceptors (Lipinski definition) is 5. The number of carboxylic acids is 1. The fraction of sp³-hybridized carbons (Fsp3) is 0.649. The summed E-state index contributed by atoms with van der Waals surface area (Å²) in [6.07, 6.45) is 25.4. The molecule has 0 aliphatic heterocycles. The third kappa shape index (κ3) is 16.0. The molecule has 3 N–H and O–H groups in total. The lowest BCUT2D eigenvalue weighted by Crippen LogP contribution is -2.08. The van der Waals surface area contributed by atoms with Crippen LogP contribution in [-0.2, 0) is 6.42 Å². The Hall–Kier alpha value is -2.89. The number of benzene rings is 2. The number of unbranched alkanes of at least 4 members (excludes halogenated alkanes) is 18. The first-order chi connectivity index (χ1) is 21.0. The number of hydrogen-bond donors (Lipinski definition) is 3. The van der Waals surface area contributed by atoms with Gasteiger partial charge in [-0.15, -0.1) is 0 Å². The zero-order chi connectivity index (χ0) is 31.0. The van der Waals surface area contributed by atoms with Gasteiger partial charge in [-0.3, -0.25) is 0 Å². The summed E-state index contributed by atoms with van der Waals surface area (Å²) < 4.78 is 11.9. The van der Waals surface area contributed by atoms with E-state index in [1.807, 2.05) is 6.07 Å². The molecule has 0 heterocycles. The van der Waals surface area contributed by atoms with E-state index in [2.05, 4.69) is 6.92 Å². The van der Waals surface area contributed by atoms with E-state index in [9.17, 15) is 20.1 Å². The van der Waals surface area contributed by atoms with Crippen LogP contribution in [0, 0.1) is 0 Å². The summed E-state index contributed by atoms with van der Waals surface area (Å²) in [4.78, 5) is 11.8. The van der Waals surface area contributed by atoms with E-state index < -0.39 is 5.97 Å². The van der Waals surface area contributed by atoms with Gasteiger partial charge in [0.1, 0.15) is 5.56 Å². The molecule has 43 heavy (non-hydrogen) atoms. The molecule has 0 atom stereocenters. The molecule has 2 rings (SSSR count). The van der Waals surface area contributed by atoms with Crippen molar-refractivity contribution < 1.29 is 29.6 Å². The molecule has 0 unspecified atom stereocenters. The molecule has 0 aromatic heterocycles. The van der Waals surface area contributed by atoms with E-state index in [0.717, 1.165) is 44.1 Å². The fourth-order valence-corrected chi connectivity index (χ4v) is 5.50. The second-order valence-electron chi connectivity index (χ2n) is 11.9. The summed E-state index contributed by atoms with van der Waals surface area (Å²) in [6, 6.07) is 10.1. The Morgan fingerprint density at radius 3 is 1.65 bits per heavy atom. The third-order valence-corrected chi connectivity index (χ3v) is 8.15. The number of para-hydroxylation sites is 2. The molecule has 2 aromatic carbocycles. The Morgan fingerprint density at radius 2 is 1.09 bits per heavy atom. The van der Waals surface area contributed by atoms with E-state index in [4.69, 9.17) is 9.47 Å². The molecule has 242 valence electrons. The van der Waals surface area contributed by atoms with Crippen molar-refractivity contribution in [1.29, 1.82) is 0 Å². The predicted octanol–water partition coefficient (Wildman–Crippen LogP) is 10.6. The van der Waals surface area contributed by atoms with Crippen LogP contribution in [0.5, 0.6) is 23.0 Å². The molecule has 0 saturated carbocycles. The summed E-state index contributed by atoms with van der Waals surface area (Å²) in [5, 5.41) is 29.2. The van der Waals surface area contributed by atoms with Gasteiger partial charge in [-0.25, -0.2) is 4.79 Å². The van der Waals surface area contributed by atoms with E-state index in [1.54, 1.807) is 24.3 Å². The van der Waals surface area contributed by atoms with Gasteiger partial charge in [0.2, 0.25) is 0 Å². The molecule has 0 aliphatic rings. The maximum atomic E-state index is 11.8. The van der Waals surface area contributed by atoms with Crippen molar-refractivity contribution in [2.45, 2.75) is 142 Å². The van der Waals surface area contributed by atoms with E-state index in [1.165, 1.54) is 96.0 Å². The van der Waals surface area contributed by atoms with Crippen molar-refractivity contribution in [3.8, 4) is 23.0 Å². The first-order valence-corrected chi connectivity index (χ1v) is 17.2. The van der Waals surface area contributed by atoms with Crippen LogP contribution in [0.15, 0.2) is 36.4 Å². The Morgan fingerprint density at radius 1 is 0.605 bits per heavy atom. The average Bonchev–Trinajstić information content (AvgIpc) is 3.00. The summed E-state index contributed by atoms with van der Waals surface area (Å²) in [7, 11) is 0. The zero-order valence-corrected chi connectivity index (χ0v) is 26.8. The Balaban J connectivity index is 1.54. The number of ether oxygens (including phenoxy) is 2. The highest BCUT2D eigenvalue weighted by atomic mass is 16.5. The van der Waals surface area contributed by atoms with E-state index in [-0.39, 0.29) is 17.1 Å². The largest absolute Gasteiger partial charge is 0.504 e. The fourth-order valence-electron chi connectivity index (χ4n) is 5.50. The Bertz CT molecular complexity index is 1000. The Labute approximate surface area is 260 Å². The number of aromatic hydroxyl groups is 2. The van der Waals surface area contributed by atoms with Crippen LogP contribution in [-0.4, -0.2) is 34.5 Å². The summed E-state index contributed by atoms with van der Waals surface area (Å²) in [5.41, 5.74) is 0.876. The van der Waals surface area contributed by atoms with Gasteiger partial charge in [-0.05, 0) is 49.4 Å². The molecule has 0 aliphatic carbocycles. The number of carboxylic acid groups (broad SMARTS) is 1. The maximum absolute atomic E-state index is 11.8. The van der Waals surface area contributed by atoms with Crippen molar-refractivity contribution in [1.82, 2.24) is 0 Å². The minimum atomic E-state index is -1.02. The first kappa shape index (κ1) is 36.3. The van der Waals surface area contributed by atoms with Gasteiger partial charge in [0.15, 0.2) is 23.0 Å². The molecule has 6 nitrogen and oxygen atoms in total. The standard InChI is InChI=1S/C37H58O6/c1-2-3-4-5-6-7-8-9-10-11-12-13-14-15-17-20-29-42-34-28-23-26-32(37(40)41)36(34)43-30-21-18-16-19-24-31-25-22-27-33(38)35(31)39/h22-23,25-28,38-39H,2-21,24,29-30H2,1H3,(H,40,41). The van der Waals surface area contributed by atoms with Crippen LogP contribution < -0.4 is 9.47 Å². The minimum absolute atomic E-state index is 0.0387. The number of phenols is 2. The predicted molar refractivity (Wildman–Crippen MR) is 176 cm³/mol. The molecule has 0 spiro atoms. The zero-order valence-electron chi connectivity index (χ0n) is 26.8. The van der Waals surface area contributed by atoms with Gasteiger partial charge in [0.25, 0.3) is 0 Å². The summed E-state index contributed by atoms with van der Waals surface area (Å²) >= 11 is 0. The molecule has 0 saturated heterocycles. The number of rotatable bonds is 27. The van der Waals surface area contributed by atoms with Crippen LogP contribution in [0.2, 0.25) is 0 Å². The quantitative estimate of drug-likeness (QED) is 0.0699. The SMILES string of the molecule is CCCCCCCCCCCCCCCCCCOc1cccc(C(=O)O)c1OCCCCCCc1cccc(O)c1O. The normalized spacial score (nSPS) is 11.1. The number of phenolic OH excluding ortho intramolecular Hbond substituents is 2. The van der Waals surface area contributed by atoms with Gasteiger partial charge in [-0.2, -0.15) is 0 Å². The van der Waals surface area contributed by atoms with E-state index in [0.29, 0.717) is 31.1 Å². The van der Waals surface area contributed by atoms with Crippen molar-refractivity contribution in [2.24, 2.45) is 0 Å². The third-order valence-electron chi connectivity index (χ3n) is 8.15. The first-order valence-electron chi connectivity index (χ1n) is 17.2. The highest BCUT2D eigenvalue weighted by molar-refractivity contribution is 5.92. The number of aromatic carboxylic acids is 1. The van der Waals surface area contributed by atoms with Crippen LogP contribution >= 0.6 is 0 Å². The van der Waals surface area contributed by atoms with Crippen molar-refractivity contribution in [3.63, 3.8) is 0 Å². The number of carbonyl (C=O) groups is 1.